The summed E-state index contributed by atoms with van der Waals surface area (Å²) in [5.41, 5.74) is 1.54. The Labute approximate surface area is 122 Å². The van der Waals surface area contributed by atoms with Crippen molar-refractivity contribution in [2.45, 2.75) is 39.5 Å². The van der Waals surface area contributed by atoms with Gasteiger partial charge in [-0.25, -0.2) is 0 Å². The summed E-state index contributed by atoms with van der Waals surface area (Å²) in [5, 5.41) is 3.24. The highest BCUT2D eigenvalue weighted by Gasteiger charge is 2.30. The number of rotatable bonds is 4. The lowest BCUT2D eigenvalue weighted by molar-refractivity contribution is -0.137. The van der Waals surface area contributed by atoms with Crippen LogP contribution in [-0.4, -0.2) is 6.04 Å². The monoisotopic (exact) mass is 297 g/mol. The lowest BCUT2D eigenvalue weighted by atomic mass is 9.98. The summed E-state index contributed by atoms with van der Waals surface area (Å²) in [6, 6.07) is 5.86. The third-order valence-electron chi connectivity index (χ3n) is 3.26. The zero-order valence-corrected chi connectivity index (χ0v) is 12.2. The van der Waals surface area contributed by atoms with E-state index >= 15 is 0 Å². The fourth-order valence-corrected chi connectivity index (χ4v) is 2.16. The van der Waals surface area contributed by atoms with Gasteiger partial charge in [-0.05, 0) is 36.2 Å². The van der Waals surface area contributed by atoms with Gasteiger partial charge in [0.1, 0.15) is 5.76 Å². The molecular formula is C16H18F3NO. The van der Waals surface area contributed by atoms with Gasteiger partial charge in [0, 0.05) is 11.6 Å². The molecule has 2 nitrogen and oxygen atoms in total. The van der Waals surface area contributed by atoms with Crippen LogP contribution in [0.25, 0.3) is 11.1 Å². The lowest BCUT2D eigenvalue weighted by Gasteiger charge is -2.12. The molecule has 114 valence electrons. The molecule has 1 heterocycles. The summed E-state index contributed by atoms with van der Waals surface area (Å²) in [5.74, 6) is 0.728. The Morgan fingerprint density at radius 3 is 2.43 bits per heavy atom. The summed E-state index contributed by atoms with van der Waals surface area (Å²) >= 11 is 0. The zero-order valence-electron chi connectivity index (χ0n) is 12.2. The van der Waals surface area contributed by atoms with Crippen LogP contribution in [0, 0.1) is 6.92 Å². The van der Waals surface area contributed by atoms with Crippen molar-refractivity contribution in [3.05, 3.63) is 47.4 Å². The molecule has 0 saturated carbocycles. The second-order valence-electron chi connectivity index (χ2n) is 5.32. The Hall–Kier alpha value is -1.75. The minimum atomic E-state index is -4.32. The molecule has 0 fully saturated rings. The minimum Gasteiger partial charge on any atom is -0.467 e. The number of alkyl halides is 3. The predicted molar refractivity (Wildman–Crippen MR) is 75.9 cm³/mol. The van der Waals surface area contributed by atoms with E-state index in [1.165, 1.54) is 12.1 Å². The summed E-state index contributed by atoms with van der Waals surface area (Å²) in [6.45, 7) is 6.26. The molecule has 0 saturated heterocycles. The lowest BCUT2D eigenvalue weighted by Crippen LogP contribution is -2.21. The van der Waals surface area contributed by atoms with Gasteiger partial charge < -0.3 is 9.73 Å². The van der Waals surface area contributed by atoms with Crippen LogP contribution in [0.5, 0.6) is 0 Å². The van der Waals surface area contributed by atoms with Crippen molar-refractivity contribution in [3.8, 4) is 11.1 Å². The largest absolute Gasteiger partial charge is 0.467 e. The van der Waals surface area contributed by atoms with Crippen molar-refractivity contribution in [2.24, 2.45) is 0 Å². The maximum atomic E-state index is 12.7. The summed E-state index contributed by atoms with van der Waals surface area (Å²) in [7, 11) is 0. The topological polar surface area (TPSA) is 25.2 Å². The van der Waals surface area contributed by atoms with Crippen molar-refractivity contribution in [2.75, 3.05) is 0 Å². The van der Waals surface area contributed by atoms with Crippen LogP contribution in [0.2, 0.25) is 0 Å². The molecule has 1 aromatic heterocycles. The summed E-state index contributed by atoms with van der Waals surface area (Å²) < 4.78 is 43.5. The van der Waals surface area contributed by atoms with Crippen molar-refractivity contribution < 1.29 is 17.6 Å². The van der Waals surface area contributed by atoms with Gasteiger partial charge in [0.2, 0.25) is 0 Å². The molecular weight excluding hydrogens is 279 g/mol. The Balaban J connectivity index is 2.33. The zero-order chi connectivity index (χ0) is 15.6. The van der Waals surface area contributed by atoms with E-state index in [2.05, 4.69) is 5.32 Å². The van der Waals surface area contributed by atoms with Crippen LogP contribution in [-0.2, 0) is 12.7 Å². The molecule has 0 amide bonds. The molecule has 0 bridgehead atoms. The van der Waals surface area contributed by atoms with Gasteiger partial charge >= 0.3 is 6.18 Å². The van der Waals surface area contributed by atoms with Gasteiger partial charge in [-0.15, -0.1) is 0 Å². The third kappa shape index (κ3) is 3.67. The third-order valence-corrected chi connectivity index (χ3v) is 3.26. The molecule has 21 heavy (non-hydrogen) atoms. The van der Waals surface area contributed by atoms with Crippen LogP contribution in [0.4, 0.5) is 13.2 Å². The van der Waals surface area contributed by atoms with E-state index in [0.717, 1.165) is 23.0 Å². The Morgan fingerprint density at radius 2 is 1.86 bits per heavy atom. The normalized spacial score (nSPS) is 12.1. The molecule has 0 unspecified atom stereocenters. The Morgan fingerprint density at radius 1 is 1.14 bits per heavy atom. The highest BCUT2D eigenvalue weighted by Crippen LogP contribution is 2.34. The highest BCUT2D eigenvalue weighted by atomic mass is 19.4. The average molecular weight is 297 g/mol. The van der Waals surface area contributed by atoms with Crippen molar-refractivity contribution in [1.29, 1.82) is 0 Å². The molecule has 1 aromatic carbocycles. The van der Waals surface area contributed by atoms with E-state index in [4.69, 9.17) is 4.42 Å². The highest BCUT2D eigenvalue weighted by molar-refractivity contribution is 5.69. The number of nitrogens with one attached hydrogen (secondary N) is 1. The Bertz CT molecular complexity index is 614. The van der Waals surface area contributed by atoms with Crippen LogP contribution in [0.1, 0.15) is 30.7 Å². The molecule has 0 spiro atoms. The van der Waals surface area contributed by atoms with E-state index in [9.17, 15) is 13.2 Å². The smallest absolute Gasteiger partial charge is 0.416 e. The second-order valence-corrected chi connectivity index (χ2v) is 5.32. The molecule has 2 rings (SSSR count). The number of aryl methyl sites for hydroxylation is 1. The first-order valence-corrected chi connectivity index (χ1v) is 6.77. The van der Waals surface area contributed by atoms with Crippen molar-refractivity contribution >= 4 is 0 Å². The van der Waals surface area contributed by atoms with Gasteiger partial charge in [0.15, 0.2) is 0 Å². The van der Waals surface area contributed by atoms with E-state index in [1.807, 2.05) is 13.8 Å². The maximum Gasteiger partial charge on any atom is 0.416 e. The second kappa shape index (κ2) is 5.93. The minimum absolute atomic E-state index is 0.302. The predicted octanol–water partition coefficient (Wildman–Crippen LogP) is 4.77. The van der Waals surface area contributed by atoms with Crippen molar-refractivity contribution in [1.82, 2.24) is 5.32 Å². The number of hydrogen-bond donors (Lipinski definition) is 1. The average Bonchev–Trinajstić information content (AvgIpc) is 2.83. The number of hydrogen-bond acceptors (Lipinski definition) is 2. The quantitative estimate of drug-likeness (QED) is 0.879. The summed E-state index contributed by atoms with van der Waals surface area (Å²) in [6.07, 6.45) is -2.76. The standard InChI is InChI=1S/C16H18F3NO/c1-10(2)20-9-15-14(6-7-21-15)13-5-4-12(8-11(13)3)16(17,18)19/h4-8,10,20H,9H2,1-3H3. The van der Waals surface area contributed by atoms with E-state index < -0.39 is 11.7 Å². The van der Waals surface area contributed by atoms with Crippen molar-refractivity contribution in [3.63, 3.8) is 0 Å². The van der Waals surface area contributed by atoms with Crippen LogP contribution in [0.3, 0.4) is 0 Å². The fraction of sp³-hybridized carbons (Fsp3) is 0.375. The molecule has 0 aliphatic carbocycles. The number of halogens is 3. The van der Waals surface area contributed by atoms with Crippen LogP contribution < -0.4 is 5.32 Å². The van der Waals surface area contributed by atoms with Crippen LogP contribution >= 0.6 is 0 Å². The Kier molecular flexibility index (Phi) is 4.42. The molecule has 0 atom stereocenters. The van der Waals surface area contributed by atoms with E-state index in [-0.39, 0.29) is 0 Å². The maximum absolute atomic E-state index is 12.7. The molecule has 0 aliphatic heterocycles. The summed E-state index contributed by atoms with van der Waals surface area (Å²) in [4.78, 5) is 0. The van der Waals surface area contributed by atoms with Gasteiger partial charge in [0.25, 0.3) is 0 Å². The van der Waals surface area contributed by atoms with Crippen LogP contribution in [0.15, 0.2) is 34.9 Å². The first-order valence-electron chi connectivity index (χ1n) is 6.77. The van der Waals surface area contributed by atoms with Gasteiger partial charge in [0.05, 0.1) is 18.4 Å². The molecule has 1 N–H and O–H groups in total. The fourth-order valence-electron chi connectivity index (χ4n) is 2.16. The molecule has 5 heteroatoms. The van der Waals surface area contributed by atoms with E-state index in [1.54, 1.807) is 19.3 Å². The van der Waals surface area contributed by atoms with Gasteiger partial charge in [-0.2, -0.15) is 13.2 Å². The molecule has 2 aromatic rings. The molecule has 0 radical (unpaired) electrons. The number of furan rings is 1. The SMILES string of the molecule is Cc1cc(C(F)(F)F)ccc1-c1ccoc1CNC(C)C. The van der Waals surface area contributed by atoms with E-state index in [0.29, 0.717) is 18.2 Å². The first kappa shape index (κ1) is 15.6. The van der Waals surface area contributed by atoms with Gasteiger partial charge in [-0.3, -0.25) is 0 Å². The number of benzene rings is 1. The first-order chi connectivity index (χ1) is 9.79. The molecule has 0 aliphatic rings. The van der Waals surface area contributed by atoms with Gasteiger partial charge in [-0.1, -0.05) is 19.9 Å².